The van der Waals surface area contributed by atoms with Gasteiger partial charge in [0.1, 0.15) is 5.76 Å². The topological polar surface area (TPSA) is 73.0 Å². The Bertz CT molecular complexity index is 1040. The van der Waals surface area contributed by atoms with Gasteiger partial charge >= 0.3 is 0 Å². The van der Waals surface area contributed by atoms with Crippen LogP contribution in [0.1, 0.15) is 76.3 Å². The van der Waals surface area contributed by atoms with Crippen LogP contribution in [0.25, 0.3) is 5.69 Å². The molecule has 5 rings (SSSR count). The van der Waals surface area contributed by atoms with Gasteiger partial charge in [-0.25, -0.2) is 4.68 Å². The maximum absolute atomic E-state index is 12.7. The highest BCUT2D eigenvalue weighted by atomic mass is 16.5. The molecule has 1 amide bonds. The van der Waals surface area contributed by atoms with E-state index in [0.717, 1.165) is 49.1 Å². The molecule has 1 atom stereocenters. The van der Waals surface area contributed by atoms with Gasteiger partial charge in [-0.3, -0.25) is 4.79 Å². The van der Waals surface area contributed by atoms with E-state index in [0.29, 0.717) is 11.6 Å². The highest BCUT2D eigenvalue weighted by Crippen LogP contribution is 2.40. The summed E-state index contributed by atoms with van der Waals surface area (Å²) < 4.78 is 7.34. The number of hydrogen-bond donors (Lipinski definition) is 1. The van der Waals surface area contributed by atoms with Gasteiger partial charge in [0.15, 0.2) is 5.69 Å². The van der Waals surface area contributed by atoms with Crippen molar-refractivity contribution < 1.29 is 9.32 Å². The molecule has 3 aromatic rings. The molecule has 1 unspecified atom stereocenters. The predicted molar refractivity (Wildman–Crippen MR) is 105 cm³/mol. The number of benzene rings is 1. The van der Waals surface area contributed by atoms with Crippen LogP contribution in [0.4, 0.5) is 0 Å². The van der Waals surface area contributed by atoms with Gasteiger partial charge in [0.2, 0.25) is 0 Å². The molecule has 6 nitrogen and oxygen atoms in total. The van der Waals surface area contributed by atoms with Crippen LogP contribution in [0.5, 0.6) is 0 Å². The number of aryl methyl sites for hydroxylation is 2. The number of amides is 1. The molecule has 2 aliphatic rings. The lowest BCUT2D eigenvalue weighted by atomic mass is 9.92. The van der Waals surface area contributed by atoms with E-state index >= 15 is 0 Å². The van der Waals surface area contributed by atoms with Crippen LogP contribution in [-0.2, 0) is 6.42 Å². The van der Waals surface area contributed by atoms with Crippen molar-refractivity contribution in [1.29, 1.82) is 0 Å². The van der Waals surface area contributed by atoms with Gasteiger partial charge in [0, 0.05) is 23.2 Å². The van der Waals surface area contributed by atoms with E-state index in [1.54, 1.807) is 6.07 Å². The van der Waals surface area contributed by atoms with Gasteiger partial charge in [0.25, 0.3) is 5.91 Å². The van der Waals surface area contributed by atoms with Crippen molar-refractivity contribution in [2.24, 2.45) is 0 Å². The Hall–Kier alpha value is -2.89. The first-order valence-corrected chi connectivity index (χ1v) is 10.0. The summed E-state index contributed by atoms with van der Waals surface area (Å²) in [5.41, 5.74) is 6.24. The molecular weight excluding hydrogens is 352 g/mol. The summed E-state index contributed by atoms with van der Waals surface area (Å²) in [7, 11) is 0. The minimum absolute atomic E-state index is 0.0439. The monoisotopic (exact) mass is 376 g/mol. The number of nitrogens with one attached hydrogen (secondary N) is 1. The number of fused-ring (bicyclic) bond motifs is 1. The molecule has 1 aromatic carbocycles. The molecule has 2 aliphatic carbocycles. The Morgan fingerprint density at radius 2 is 2.04 bits per heavy atom. The van der Waals surface area contributed by atoms with Crippen molar-refractivity contribution in [3.8, 4) is 5.69 Å². The first-order chi connectivity index (χ1) is 13.6. The van der Waals surface area contributed by atoms with E-state index in [-0.39, 0.29) is 11.9 Å². The van der Waals surface area contributed by atoms with Gasteiger partial charge < -0.3 is 9.84 Å². The summed E-state index contributed by atoms with van der Waals surface area (Å²) in [6.45, 7) is 4.23. The summed E-state index contributed by atoms with van der Waals surface area (Å²) in [5.74, 6) is 1.11. The van der Waals surface area contributed by atoms with Gasteiger partial charge in [-0.2, -0.15) is 5.10 Å². The molecule has 2 heterocycles. The van der Waals surface area contributed by atoms with Crippen LogP contribution in [0.15, 0.2) is 35.0 Å². The highest BCUT2D eigenvalue weighted by Gasteiger charge is 2.30. The average Bonchev–Trinajstić information content (AvgIpc) is 3.25. The van der Waals surface area contributed by atoms with Crippen molar-refractivity contribution in [1.82, 2.24) is 20.3 Å². The first-order valence-electron chi connectivity index (χ1n) is 10.0. The third kappa shape index (κ3) is 3.03. The summed E-state index contributed by atoms with van der Waals surface area (Å²) in [6.07, 6.45) is 7.03. The van der Waals surface area contributed by atoms with Crippen LogP contribution in [0.2, 0.25) is 0 Å². The Kier molecular flexibility index (Phi) is 4.07. The second-order valence-electron chi connectivity index (χ2n) is 8.03. The second kappa shape index (κ2) is 6.62. The summed E-state index contributed by atoms with van der Waals surface area (Å²) >= 11 is 0. The van der Waals surface area contributed by atoms with Crippen LogP contribution >= 0.6 is 0 Å². The SMILES string of the molecule is Cc1ccc(-n2ncc3c2CCCC3NC(=O)c2cc(C3CC3)on2)cc1C. The maximum atomic E-state index is 12.7. The zero-order valence-electron chi connectivity index (χ0n) is 16.2. The van der Waals surface area contributed by atoms with Crippen molar-refractivity contribution in [2.45, 2.75) is 57.9 Å². The van der Waals surface area contributed by atoms with E-state index < -0.39 is 0 Å². The molecule has 0 aliphatic heterocycles. The molecule has 2 aromatic heterocycles. The predicted octanol–water partition coefficient (Wildman–Crippen LogP) is 4.16. The zero-order valence-corrected chi connectivity index (χ0v) is 16.2. The molecule has 6 heteroatoms. The van der Waals surface area contributed by atoms with E-state index in [4.69, 9.17) is 4.52 Å². The second-order valence-corrected chi connectivity index (χ2v) is 8.03. The van der Waals surface area contributed by atoms with Crippen LogP contribution in [-0.4, -0.2) is 20.8 Å². The molecule has 0 saturated heterocycles. The number of carbonyl (C=O) groups is 1. The quantitative estimate of drug-likeness (QED) is 0.742. The smallest absolute Gasteiger partial charge is 0.273 e. The zero-order chi connectivity index (χ0) is 19.3. The summed E-state index contributed by atoms with van der Waals surface area (Å²) in [4.78, 5) is 12.7. The number of rotatable bonds is 4. The lowest BCUT2D eigenvalue weighted by Crippen LogP contribution is -2.31. The molecule has 28 heavy (non-hydrogen) atoms. The Balaban J connectivity index is 1.39. The Morgan fingerprint density at radius 1 is 1.18 bits per heavy atom. The Morgan fingerprint density at radius 3 is 2.82 bits per heavy atom. The molecule has 1 fully saturated rings. The normalized spacial score (nSPS) is 18.7. The van der Waals surface area contributed by atoms with Crippen molar-refractivity contribution >= 4 is 5.91 Å². The minimum atomic E-state index is -0.174. The summed E-state index contributed by atoms with van der Waals surface area (Å²) in [6, 6.07) is 8.14. The number of carbonyl (C=O) groups excluding carboxylic acids is 1. The van der Waals surface area contributed by atoms with Gasteiger partial charge in [0.05, 0.1) is 17.9 Å². The molecule has 1 N–H and O–H groups in total. The lowest BCUT2D eigenvalue weighted by molar-refractivity contribution is 0.0923. The third-order valence-electron chi connectivity index (χ3n) is 5.96. The van der Waals surface area contributed by atoms with Gasteiger partial charge in [-0.15, -0.1) is 0 Å². The molecule has 1 saturated carbocycles. The fraction of sp³-hybridized carbons (Fsp3) is 0.409. The minimum Gasteiger partial charge on any atom is -0.360 e. The van der Waals surface area contributed by atoms with Gasteiger partial charge in [-0.1, -0.05) is 11.2 Å². The van der Waals surface area contributed by atoms with Crippen molar-refractivity contribution in [3.05, 3.63) is 64.3 Å². The maximum Gasteiger partial charge on any atom is 0.273 e. The largest absolute Gasteiger partial charge is 0.360 e. The summed E-state index contributed by atoms with van der Waals surface area (Å²) in [5, 5.41) is 11.7. The molecule has 0 spiro atoms. The van der Waals surface area contributed by atoms with Crippen LogP contribution in [0, 0.1) is 13.8 Å². The average molecular weight is 376 g/mol. The first kappa shape index (κ1) is 17.2. The van der Waals surface area contributed by atoms with Gasteiger partial charge in [-0.05, 0) is 69.2 Å². The standard InChI is InChI=1S/C22H24N4O2/c1-13-6-9-16(10-14(13)2)26-20-5-3-4-18(17(20)12-23-26)24-22(27)19-11-21(28-25-19)15-7-8-15/h6,9-12,15,18H,3-5,7-8H2,1-2H3,(H,24,27). The van der Waals surface area contributed by atoms with Crippen LogP contribution in [0.3, 0.4) is 0 Å². The van der Waals surface area contributed by atoms with E-state index in [9.17, 15) is 4.79 Å². The number of nitrogens with zero attached hydrogens (tertiary/aromatic N) is 3. The lowest BCUT2D eigenvalue weighted by Gasteiger charge is -2.24. The van der Waals surface area contributed by atoms with Crippen molar-refractivity contribution in [3.63, 3.8) is 0 Å². The van der Waals surface area contributed by atoms with E-state index in [2.05, 4.69) is 47.6 Å². The fourth-order valence-corrected chi connectivity index (χ4v) is 3.98. The van der Waals surface area contributed by atoms with Crippen molar-refractivity contribution in [2.75, 3.05) is 0 Å². The van der Waals surface area contributed by atoms with E-state index in [1.165, 1.54) is 16.8 Å². The molecular formula is C22H24N4O2. The number of aromatic nitrogens is 3. The third-order valence-corrected chi connectivity index (χ3v) is 5.96. The molecule has 144 valence electrons. The highest BCUT2D eigenvalue weighted by molar-refractivity contribution is 5.92. The van der Waals surface area contributed by atoms with Crippen LogP contribution < -0.4 is 5.32 Å². The van der Waals surface area contributed by atoms with E-state index in [1.807, 2.05) is 10.9 Å². The Labute approximate surface area is 163 Å². The molecule has 0 radical (unpaired) electrons. The molecule has 0 bridgehead atoms. The number of hydrogen-bond acceptors (Lipinski definition) is 4. The fourth-order valence-electron chi connectivity index (χ4n) is 3.98.